The monoisotopic (exact) mass is 304 g/mol. The largest absolute Gasteiger partial charge is 0.419 e. The van der Waals surface area contributed by atoms with Crippen LogP contribution in [0.3, 0.4) is 0 Å². The number of anilines is 2. The number of esters is 2. The molecule has 2 rings (SSSR count). The summed E-state index contributed by atoms with van der Waals surface area (Å²) in [5.74, 6) is -2.63. The quantitative estimate of drug-likeness (QED) is 0.524. The second kappa shape index (κ2) is 5.71. The Kier molecular flexibility index (Phi) is 4.12. The molecule has 1 aliphatic heterocycles. The number of nitrogens with one attached hydrogen (secondary N) is 1. The van der Waals surface area contributed by atoms with Crippen molar-refractivity contribution in [2.75, 3.05) is 24.3 Å². The molecule has 1 fully saturated rings. The summed E-state index contributed by atoms with van der Waals surface area (Å²) in [5.41, 5.74) is 2.61. The van der Waals surface area contributed by atoms with Gasteiger partial charge < -0.3 is 19.7 Å². The first-order valence-electron chi connectivity index (χ1n) is 6.91. The van der Waals surface area contributed by atoms with Gasteiger partial charge in [-0.25, -0.2) is 9.59 Å². The highest BCUT2D eigenvalue weighted by molar-refractivity contribution is 6.15. The maximum Gasteiger partial charge on any atom is 0.350 e. The average Bonchev–Trinajstić information content (AvgIpc) is 2.35. The maximum atomic E-state index is 11.9. The molecule has 22 heavy (non-hydrogen) atoms. The number of hydrogen-bond acceptors (Lipinski definition) is 6. The molecule has 6 heteroatoms. The molecule has 1 saturated heterocycles. The first kappa shape index (κ1) is 15.9. The van der Waals surface area contributed by atoms with Gasteiger partial charge in [0.1, 0.15) is 0 Å². The molecule has 1 aliphatic rings. The Hall–Kier alpha value is -2.50. The molecule has 0 atom stereocenters. The summed E-state index contributed by atoms with van der Waals surface area (Å²) in [6, 6.07) is 5.87. The van der Waals surface area contributed by atoms with Crippen LogP contribution in [0.1, 0.15) is 19.4 Å². The van der Waals surface area contributed by atoms with E-state index in [1.54, 1.807) is 0 Å². The van der Waals surface area contributed by atoms with Gasteiger partial charge in [0.05, 0.1) is 11.4 Å². The fraction of sp³-hybridized carbons (Fsp3) is 0.375. The summed E-state index contributed by atoms with van der Waals surface area (Å²) < 4.78 is 10.1. The fourth-order valence-corrected chi connectivity index (χ4v) is 2.08. The number of hydrogen-bond donors (Lipinski definition) is 1. The Bertz CT molecular complexity index is 626. The molecule has 0 unspecified atom stereocenters. The zero-order valence-corrected chi connectivity index (χ0v) is 13.4. The van der Waals surface area contributed by atoms with Crippen LogP contribution < -0.4 is 10.2 Å². The van der Waals surface area contributed by atoms with E-state index in [0.717, 1.165) is 16.9 Å². The first-order chi connectivity index (χ1) is 10.2. The molecule has 1 aromatic rings. The topological polar surface area (TPSA) is 67.9 Å². The van der Waals surface area contributed by atoms with E-state index in [4.69, 9.17) is 9.47 Å². The molecule has 1 aromatic carbocycles. The van der Waals surface area contributed by atoms with Crippen molar-refractivity contribution < 1.29 is 19.1 Å². The van der Waals surface area contributed by atoms with Crippen LogP contribution in [-0.4, -0.2) is 31.8 Å². The number of carbonyl (C=O) groups excluding carboxylic acids is 2. The number of carbonyl (C=O) groups is 2. The number of rotatable bonds is 3. The third kappa shape index (κ3) is 3.39. The minimum absolute atomic E-state index is 0.162. The first-order valence-corrected chi connectivity index (χ1v) is 6.91. The van der Waals surface area contributed by atoms with Crippen molar-refractivity contribution in [2.45, 2.75) is 26.6 Å². The lowest BCUT2D eigenvalue weighted by molar-refractivity contribution is -0.222. The standard InChI is InChI=1S/C16H20N2O4/c1-10-6-7-13(18(4)5)12(8-10)17-9-11-14(19)21-16(2,3)22-15(11)20/h6-9,17H,1-5H3. The van der Waals surface area contributed by atoms with Gasteiger partial charge in [-0.2, -0.15) is 0 Å². The van der Waals surface area contributed by atoms with E-state index in [1.165, 1.54) is 20.0 Å². The molecule has 6 nitrogen and oxygen atoms in total. The van der Waals surface area contributed by atoms with Gasteiger partial charge in [0.15, 0.2) is 5.57 Å². The molecule has 118 valence electrons. The van der Waals surface area contributed by atoms with Crippen LogP contribution in [-0.2, 0) is 19.1 Å². The fourth-order valence-electron chi connectivity index (χ4n) is 2.08. The van der Waals surface area contributed by atoms with E-state index in [1.807, 2.05) is 44.1 Å². The molecule has 0 aromatic heterocycles. The summed E-state index contributed by atoms with van der Waals surface area (Å²) in [5, 5.41) is 2.99. The highest BCUT2D eigenvalue weighted by Crippen LogP contribution is 2.27. The summed E-state index contributed by atoms with van der Waals surface area (Å²) in [6.45, 7) is 4.98. The van der Waals surface area contributed by atoms with Gasteiger partial charge in [-0.05, 0) is 24.6 Å². The highest BCUT2D eigenvalue weighted by Gasteiger charge is 2.38. The van der Waals surface area contributed by atoms with Gasteiger partial charge in [0.25, 0.3) is 5.79 Å². The molecular formula is C16H20N2O4. The van der Waals surface area contributed by atoms with E-state index < -0.39 is 17.7 Å². The van der Waals surface area contributed by atoms with E-state index in [0.29, 0.717) is 0 Å². The molecule has 0 amide bonds. The lowest BCUT2D eigenvalue weighted by atomic mass is 10.1. The van der Waals surface area contributed by atoms with Gasteiger partial charge in [0, 0.05) is 34.1 Å². The Morgan fingerprint density at radius 1 is 1.14 bits per heavy atom. The van der Waals surface area contributed by atoms with Crippen LogP contribution in [0.5, 0.6) is 0 Å². The molecular weight excluding hydrogens is 284 g/mol. The van der Waals surface area contributed by atoms with Crippen LogP contribution in [0.25, 0.3) is 0 Å². The van der Waals surface area contributed by atoms with Gasteiger partial charge in [-0.15, -0.1) is 0 Å². The number of ether oxygens (including phenoxy) is 2. The molecule has 1 heterocycles. The second-order valence-corrected chi connectivity index (χ2v) is 5.80. The third-order valence-corrected chi connectivity index (χ3v) is 3.12. The van der Waals surface area contributed by atoms with E-state index >= 15 is 0 Å². The number of cyclic esters (lactones) is 2. The van der Waals surface area contributed by atoms with Crippen molar-refractivity contribution in [1.82, 2.24) is 0 Å². The normalized spacial score (nSPS) is 16.7. The summed E-state index contributed by atoms with van der Waals surface area (Å²) >= 11 is 0. The van der Waals surface area contributed by atoms with E-state index in [9.17, 15) is 9.59 Å². The molecule has 0 saturated carbocycles. The lowest BCUT2D eigenvalue weighted by Crippen LogP contribution is -2.42. The van der Waals surface area contributed by atoms with Crippen molar-refractivity contribution in [1.29, 1.82) is 0 Å². The number of aryl methyl sites for hydroxylation is 1. The zero-order chi connectivity index (χ0) is 16.5. The SMILES string of the molecule is Cc1ccc(N(C)C)c(NC=C2C(=O)OC(C)(C)OC2=O)c1. The number of benzene rings is 1. The lowest BCUT2D eigenvalue weighted by Gasteiger charge is -2.29. The molecule has 0 bridgehead atoms. The molecule has 0 spiro atoms. The van der Waals surface area contributed by atoms with Crippen LogP contribution >= 0.6 is 0 Å². The van der Waals surface area contributed by atoms with Crippen molar-refractivity contribution in [3.8, 4) is 0 Å². The maximum absolute atomic E-state index is 11.9. The molecule has 0 aliphatic carbocycles. The predicted molar refractivity (Wildman–Crippen MR) is 83.5 cm³/mol. The summed E-state index contributed by atoms with van der Waals surface area (Å²) in [7, 11) is 3.82. The minimum atomic E-state index is -1.23. The van der Waals surface area contributed by atoms with Crippen molar-refractivity contribution >= 4 is 23.3 Å². The Morgan fingerprint density at radius 2 is 1.73 bits per heavy atom. The van der Waals surface area contributed by atoms with Crippen LogP contribution in [0, 0.1) is 6.92 Å². The zero-order valence-electron chi connectivity index (χ0n) is 13.4. The minimum Gasteiger partial charge on any atom is -0.419 e. The predicted octanol–water partition coefficient (Wildman–Crippen LogP) is 2.19. The summed E-state index contributed by atoms with van der Waals surface area (Å²) in [6.07, 6.45) is 1.32. The Labute approximate surface area is 129 Å². The van der Waals surface area contributed by atoms with E-state index in [-0.39, 0.29) is 5.57 Å². The Balaban J connectivity index is 2.27. The van der Waals surface area contributed by atoms with Gasteiger partial charge >= 0.3 is 11.9 Å². The Morgan fingerprint density at radius 3 is 2.27 bits per heavy atom. The van der Waals surface area contributed by atoms with Crippen molar-refractivity contribution in [2.24, 2.45) is 0 Å². The van der Waals surface area contributed by atoms with Crippen LogP contribution in [0.2, 0.25) is 0 Å². The number of nitrogens with zero attached hydrogens (tertiary/aromatic N) is 1. The third-order valence-electron chi connectivity index (χ3n) is 3.12. The average molecular weight is 304 g/mol. The molecule has 1 N–H and O–H groups in total. The second-order valence-electron chi connectivity index (χ2n) is 5.80. The van der Waals surface area contributed by atoms with Crippen molar-refractivity contribution in [3.05, 3.63) is 35.5 Å². The van der Waals surface area contributed by atoms with Gasteiger partial charge in [0.2, 0.25) is 0 Å². The molecule has 0 radical (unpaired) electrons. The summed E-state index contributed by atoms with van der Waals surface area (Å²) in [4.78, 5) is 25.7. The van der Waals surface area contributed by atoms with Crippen LogP contribution in [0.15, 0.2) is 30.0 Å². The van der Waals surface area contributed by atoms with Gasteiger partial charge in [-0.3, -0.25) is 0 Å². The van der Waals surface area contributed by atoms with E-state index in [2.05, 4.69) is 5.32 Å². The smallest absolute Gasteiger partial charge is 0.350 e. The van der Waals surface area contributed by atoms with Crippen molar-refractivity contribution in [3.63, 3.8) is 0 Å². The van der Waals surface area contributed by atoms with Gasteiger partial charge in [-0.1, -0.05) is 6.07 Å². The van der Waals surface area contributed by atoms with Crippen LogP contribution in [0.4, 0.5) is 11.4 Å². The highest BCUT2D eigenvalue weighted by atomic mass is 16.7.